The third-order valence-electron chi connectivity index (χ3n) is 2.31. The maximum absolute atomic E-state index is 11.6. The highest BCUT2D eigenvalue weighted by molar-refractivity contribution is 5.22. The first-order chi connectivity index (χ1) is 6.65. The van der Waals surface area contributed by atoms with Gasteiger partial charge in [-0.1, -0.05) is 0 Å². The van der Waals surface area contributed by atoms with Crippen molar-refractivity contribution < 1.29 is 0 Å². The molecule has 2 rings (SSSR count). The van der Waals surface area contributed by atoms with Crippen molar-refractivity contribution in [3.8, 4) is 6.07 Å². The Bertz CT molecular complexity index is 528. The lowest BCUT2D eigenvalue weighted by Gasteiger charge is -2.04. The Balaban J connectivity index is 2.80. The van der Waals surface area contributed by atoms with Crippen molar-refractivity contribution >= 4 is 0 Å². The van der Waals surface area contributed by atoms with E-state index in [0.717, 1.165) is 12.8 Å². The minimum absolute atomic E-state index is 0.00880. The minimum atomic E-state index is -0.460. The predicted molar refractivity (Wildman–Crippen MR) is 48.9 cm³/mol. The smallest absolute Gasteiger partial charge is 0.302 e. The molecule has 1 saturated carbocycles. The highest BCUT2D eigenvalue weighted by atomic mass is 16.2. The van der Waals surface area contributed by atoms with E-state index in [0.29, 0.717) is 0 Å². The summed E-state index contributed by atoms with van der Waals surface area (Å²) in [5, 5.41) is 8.68. The van der Waals surface area contributed by atoms with Gasteiger partial charge >= 0.3 is 5.69 Å². The molecule has 1 aliphatic carbocycles. The molecule has 1 aliphatic rings. The van der Waals surface area contributed by atoms with E-state index in [1.165, 1.54) is 15.3 Å². The quantitative estimate of drug-likeness (QED) is 0.614. The summed E-state index contributed by atoms with van der Waals surface area (Å²) in [5.74, 6) is 0. The van der Waals surface area contributed by atoms with Crippen molar-refractivity contribution in [2.45, 2.75) is 18.9 Å². The second kappa shape index (κ2) is 2.84. The average molecular weight is 191 g/mol. The summed E-state index contributed by atoms with van der Waals surface area (Å²) in [4.78, 5) is 23.1. The second-order valence-electron chi connectivity index (χ2n) is 3.45. The summed E-state index contributed by atoms with van der Waals surface area (Å²) in [7, 11) is 1.54. The summed E-state index contributed by atoms with van der Waals surface area (Å²) >= 11 is 0. The number of nitriles is 1. The van der Waals surface area contributed by atoms with Crippen LogP contribution in [0, 0.1) is 11.3 Å². The molecule has 1 aromatic heterocycles. The summed E-state index contributed by atoms with van der Waals surface area (Å²) in [5.41, 5.74) is -0.770. The molecule has 0 atom stereocenters. The molecule has 0 N–H and O–H groups in total. The summed E-state index contributed by atoms with van der Waals surface area (Å²) in [6.07, 6.45) is 2.98. The van der Waals surface area contributed by atoms with Crippen LogP contribution in [0.4, 0.5) is 0 Å². The zero-order valence-electron chi connectivity index (χ0n) is 7.73. The third kappa shape index (κ3) is 1.16. The summed E-state index contributed by atoms with van der Waals surface area (Å²) < 4.78 is 2.46. The molecule has 0 bridgehead atoms. The molecule has 1 fully saturated rings. The van der Waals surface area contributed by atoms with Gasteiger partial charge in [0, 0.05) is 19.3 Å². The minimum Gasteiger partial charge on any atom is -0.302 e. The number of aryl methyl sites for hydroxylation is 1. The molecule has 0 aromatic carbocycles. The Labute approximate surface area is 79.8 Å². The van der Waals surface area contributed by atoms with Crippen molar-refractivity contribution in [1.29, 1.82) is 5.26 Å². The van der Waals surface area contributed by atoms with Gasteiger partial charge in [-0.2, -0.15) is 5.26 Å². The molecule has 5 nitrogen and oxygen atoms in total. The molecular weight excluding hydrogens is 182 g/mol. The number of hydrogen-bond acceptors (Lipinski definition) is 3. The Morgan fingerprint density at radius 1 is 1.50 bits per heavy atom. The monoisotopic (exact) mass is 191 g/mol. The first-order valence-corrected chi connectivity index (χ1v) is 4.37. The van der Waals surface area contributed by atoms with Crippen LogP contribution in [-0.2, 0) is 7.05 Å². The Morgan fingerprint density at radius 3 is 2.64 bits per heavy atom. The van der Waals surface area contributed by atoms with Gasteiger partial charge in [0.1, 0.15) is 11.6 Å². The number of nitrogens with zero attached hydrogens (tertiary/aromatic N) is 3. The molecule has 0 radical (unpaired) electrons. The van der Waals surface area contributed by atoms with Gasteiger partial charge in [0.15, 0.2) is 0 Å². The van der Waals surface area contributed by atoms with Crippen molar-refractivity contribution in [2.75, 3.05) is 0 Å². The molecule has 1 aromatic rings. The van der Waals surface area contributed by atoms with Crippen molar-refractivity contribution in [3.05, 3.63) is 32.6 Å². The van der Waals surface area contributed by atoms with Gasteiger partial charge in [0.25, 0.3) is 5.56 Å². The van der Waals surface area contributed by atoms with Gasteiger partial charge in [-0.05, 0) is 12.8 Å². The lowest BCUT2D eigenvalue weighted by atomic mass is 10.3. The first kappa shape index (κ1) is 8.75. The van der Waals surface area contributed by atoms with E-state index in [1.54, 1.807) is 13.1 Å². The van der Waals surface area contributed by atoms with E-state index in [-0.39, 0.29) is 17.3 Å². The van der Waals surface area contributed by atoms with Gasteiger partial charge in [0.2, 0.25) is 0 Å². The van der Waals surface area contributed by atoms with Crippen molar-refractivity contribution in [1.82, 2.24) is 9.13 Å². The maximum atomic E-state index is 11.6. The van der Waals surface area contributed by atoms with Crippen LogP contribution in [0.2, 0.25) is 0 Å². The zero-order valence-corrected chi connectivity index (χ0v) is 7.73. The molecule has 72 valence electrons. The third-order valence-corrected chi connectivity index (χ3v) is 2.31. The molecule has 1 heterocycles. The normalized spacial score (nSPS) is 15.1. The van der Waals surface area contributed by atoms with Crippen LogP contribution in [0.5, 0.6) is 0 Å². The SMILES string of the molecule is Cn1cc(C#N)c(=O)n(C2CC2)c1=O. The van der Waals surface area contributed by atoms with Crippen LogP contribution in [0.1, 0.15) is 24.4 Å². The molecular formula is C9H9N3O2. The largest absolute Gasteiger partial charge is 0.331 e. The maximum Gasteiger partial charge on any atom is 0.331 e. The lowest BCUT2D eigenvalue weighted by molar-refractivity contribution is 0.605. The van der Waals surface area contributed by atoms with Crippen LogP contribution < -0.4 is 11.2 Å². The average Bonchev–Trinajstić information content (AvgIpc) is 2.95. The predicted octanol–water partition coefficient (Wildman–Crippen LogP) is -0.246. The van der Waals surface area contributed by atoms with E-state index in [2.05, 4.69) is 0 Å². The molecule has 0 amide bonds. The van der Waals surface area contributed by atoms with E-state index >= 15 is 0 Å². The van der Waals surface area contributed by atoms with Gasteiger partial charge in [0.05, 0.1) is 0 Å². The van der Waals surface area contributed by atoms with Crippen LogP contribution in [0.3, 0.4) is 0 Å². The fourth-order valence-electron chi connectivity index (χ4n) is 1.42. The molecule has 0 spiro atoms. The van der Waals surface area contributed by atoms with E-state index in [4.69, 9.17) is 5.26 Å². The van der Waals surface area contributed by atoms with Crippen LogP contribution in [0.15, 0.2) is 15.8 Å². The summed E-state index contributed by atoms with van der Waals surface area (Å²) in [6, 6.07) is 1.80. The fourth-order valence-corrected chi connectivity index (χ4v) is 1.42. The van der Waals surface area contributed by atoms with Gasteiger partial charge in [-0.15, -0.1) is 0 Å². The van der Waals surface area contributed by atoms with Crippen LogP contribution >= 0.6 is 0 Å². The highest BCUT2D eigenvalue weighted by Crippen LogP contribution is 2.31. The Kier molecular flexibility index (Phi) is 1.78. The number of hydrogen-bond donors (Lipinski definition) is 0. The standard InChI is InChI=1S/C9H9N3O2/c1-11-5-6(4-10)8(13)12(9(11)14)7-2-3-7/h5,7H,2-3H2,1H3. The van der Waals surface area contributed by atoms with E-state index in [1.807, 2.05) is 0 Å². The molecule has 14 heavy (non-hydrogen) atoms. The first-order valence-electron chi connectivity index (χ1n) is 4.37. The lowest BCUT2D eigenvalue weighted by Crippen LogP contribution is -2.39. The Hall–Kier alpha value is -1.83. The highest BCUT2D eigenvalue weighted by Gasteiger charge is 2.28. The van der Waals surface area contributed by atoms with E-state index < -0.39 is 5.56 Å². The topological polar surface area (TPSA) is 67.8 Å². The van der Waals surface area contributed by atoms with Crippen LogP contribution in [0.25, 0.3) is 0 Å². The fraction of sp³-hybridized carbons (Fsp3) is 0.444. The second-order valence-corrected chi connectivity index (χ2v) is 3.45. The zero-order chi connectivity index (χ0) is 10.3. The molecule has 0 saturated heterocycles. The van der Waals surface area contributed by atoms with Gasteiger partial charge < -0.3 is 4.57 Å². The Morgan fingerprint density at radius 2 is 2.14 bits per heavy atom. The number of rotatable bonds is 1. The molecule has 0 unspecified atom stereocenters. The molecule has 0 aliphatic heterocycles. The summed E-state index contributed by atoms with van der Waals surface area (Å²) in [6.45, 7) is 0. The van der Waals surface area contributed by atoms with Gasteiger partial charge in [-0.25, -0.2) is 4.79 Å². The number of aromatic nitrogens is 2. The molecule has 5 heteroatoms. The van der Waals surface area contributed by atoms with Crippen molar-refractivity contribution in [3.63, 3.8) is 0 Å². The van der Waals surface area contributed by atoms with Crippen LogP contribution in [-0.4, -0.2) is 9.13 Å². The van der Waals surface area contributed by atoms with Crippen molar-refractivity contribution in [2.24, 2.45) is 7.05 Å². The van der Waals surface area contributed by atoms with Gasteiger partial charge in [-0.3, -0.25) is 9.36 Å². The van der Waals surface area contributed by atoms with E-state index in [9.17, 15) is 9.59 Å².